The molecule has 7 nitrogen and oxygen atoms in total. The van der Waals surface area contributed by atoms with E-state index in [1.54, 1.807) is 12.1 Å². The minimum absolute atomic E-state index is 0.0637. The molecule has 1 N–H and O–H groups in total. The summed E-state index contributed by atoms with van der Waals surface area (Å²) < 4.78 is 11.2. The van der Waals surface area contributed by atoms with Gasteiger partial charge in [-0.3, -0.25) is 14.9 Å². The molecule has 0 radical (unpaired) electrons. The van der Waals surface area contributed by atoms with E-state index in [9.17, 15) is 14.9 Å². The minimum atomic E-state index is -0.512. The van der Waals surface area contributed by atoms with Gasteiger partial charge < -0.3 is 14.8 Å². The maximum absolute atomic E-state index is 12.2. The molecule has 0 saturated heterocycles. The van der Waals surface area contributed by atoms with Crippen LogP contribution in [0.2, 0.25) is 5.02 Å². The molecule has 0 aromatic heterocycles. The predicted octanol–water partition coefficient (Wildman–Crippen LogP) is 3.34. The van der Waals surface area contributed by atoms with Gasteiger partial charge in [-0.05, 0) is 29.8 Å². The first kappa shape index (κ1) is 17.0. The van der Waals surface area contributed by atoms with Gasteiger partial charge in [0.2, 0.25) is 0 Å². The Hall–Kier alpha value is -2.80. The molecule has 1 aliphatic heterocycles. The lowest BCUT2D eigenvalue weighted by atomic mass is 10.1. The van der Waals surface area contributed by atoms with Gasteiger partial charge in [0.05, 0.1) is 23.2 Å². The molecule has 3 rings (SSSR count). The topological polar surface area (TPSA) is 90.7 Å². The van der Waals surface area contributed by atoms with Crippen molar-refractivity contribution in [3.63, 3.8) is 0 Å². The highest BCUT2D eigenvalue weighted by molar-refractivity contribution is 6.32. The average molecular weight is 363 g/mol. The van der Waals surface area contributed by atoms with E-state index in [1.807, 2.05) is 0 Å². The molecule has 2 aromatic carbocycles. The molecule has 0 unspecified atom stereocenters. The molecule has 0 aliphatic carbocycles. The van der Waals surface area contributed by atoms with Crippen molar-refractivity contribution in [3.8, 4) is 11.5 Å². The second kappa shape index (κ2) is 7.40. The van der Waals surface area contributed by atoms with Crippen molar-refractivity contribution in [1.29, 1.82) is 0 Å². The van der Waals surface area contributed by atoms with Gasteiger partial charge in [0.1, 0.15) is 0 Å². The molecule has 0 spiro atoms. The molecule has 8 heteroatoms. The Morgan fingerprint density at radius 1 is 1.20 bits per heavy atom. The first-order chi connectivity index (χ1) is 12.0. The number of non-ortho nitro benzene ring substituents is 1. The summed E-state index contributed by atoms with van der Waals surface area (Å²) in [7, 11) is 0. The average Bonchev–Trinajstić information content (AvgIpc) is 2.85. The van der Waals surface area contributed by atoms with Crippen LogP contribution in [0.1, 0.15) is 22.3 Å². The fraction of sp³-hybridized carbons (Fsp3) is 0.235. The second-order valence-corrected chi connectivity index (χ2v) is 5.85. The summed E-state index contributed by atoms with van der Waals surface area (Å²) in [5, 5.41) is 13.8. The quantitative estimate of drug-likeness (QED) is 0.665. The monoisotopic (exact) mass is 362 g/mol. The Morgan fingerprint density at radius 2 is 1.92 bits per heavy atom. The standard InChI is InChI=1S/C17H15ClN2O5/c18-14-8-11(9-15-16(14)25-7-1-6-24-15)10-19-17(21)12-2-4-13(5-3-12)20(22)23/h2-5,8-9H,1,6-7,10H2,(H,19,21). The molecule has 25 heavy (non-hydrogen) atoms. The van der Waals surface area contributed by atoms with E-state index in [-0.39, 0.29) is 18.1 Å². The Kier molecular flexibility index (Phi) is 5.04. The van der Waals surface area contributed by atoms with Gasteiger partial charge in [0.15, 0.2) is 11.5 Å². The van der Waals surface area contributed by atoms with E-state index >= 15 is 0 Å². The van der Waals surface area contributed by atoms with E-state index in [2.05, 4.69) is 5.32 Å². The van der Waals surface area contributed by atoms with E-state index in [4.69, 9.17) is 21.1 Å². The zero-order valence-corrected chi connectivity index (χ0v) is 13.9. The highest BCUT2D eigenvalue weighted by atomic mass is 35.5. The summed E-state index contributed by atoms with van der Waals surface area (Å²) in [5.41, 5.74) is 1.04. The summed E-state index contributed by atoms with van der Waals surface area (Å²) >= 11 is 6.22. The number of benzene rings is 2. The number of halogens is 1. The first-order valence-corrected chi connectivity index (χ1v) is 8.03. The molecular formula is C17H15ClN2O5. The zero-order valence-electron chi connectivity index (χ0n) is 13.2. The molecule has 2 aromatic rings. The SMILES string of the molecule is O=C(NCc1cc(Cl)c2c(c1)OCCCO2)c1ccc([N+](=O)[O-])cc1. The van der Waals surface area contributed by atoms with Crippen LogP contribution >= 0.6 is 11.6 Å². The molecule has 0 fully saturated rings. The number of nitrogens with zero attached hydrogens (tertiary/aromatic N) is 1. The Labute approximate surface area is 148 Å². The van der Waals surface area contributed by atoms with Crippen LogP contribution in [0.3, 0.4) is 0 Å². The van der Waals surface area contributed by atoms with Gasteiger partial charge >= 0.3 is 0 Å². The summed E-state index contributed by atoms with van der Waals surface area (Å²) in [6, 6.07) is 8.90. The lowest BCUT2D eigenvalue weighted by molar-refractivity contribution is -0.384. The number of hydrogen-bond acceptors (Lipinski definition) is 5. The fourth-order valence-electron chi connectivity index (χ4n) is 2.41. The van der Waals surface area contributed by atoms with E-state index in [0.717, 1.165) is 12.0 Å². The van der Waals surface area contributed by atoms with Crippen molar-refractivity contribution in [2.75, 3.05) is 13.2 Å². The van der Waals surface area contributed by atoms with Crippen LogP contribution in [-0.2, 0) is 6.54 Å². The van der Waals surface area contributed by atoms with Crippen LogP contribution in [0.15, 0.2) is 36.4 Å². The number of nitro benzene ring substituents is 1. The second-order valence-electron chi connectivity index (χ2n) is 5.44. The number of hydrogen-bond donors (Lipinski definition) is 1. The molecule has 1 amide bonds. The van der Waals surface area contributed by atoms with Crippen molar-refractivity contribution in [2.24, 2.45) is 0 Å². The van der Waals surface area contributed by atoms with Gasteiger partial charge in [-0.15, -0.1) is 0 Å². The van der Waals surface area contributed by atoms with Crippen molar-refractivity contribution in [3.05, 3.63) is 62.7 Å². The van der Waals surface area contributed by atoms with Crippen molar-refractivity contribution in [2.45, 2.75) is 13.0 Å². The predicted molar refractivity (Wildman–Crippen MR) is 91.3 cm³/mol. The molecule has 1 aliphatic rings. The summed E-state index contributed by atoms with van der Waals surface area (Å²) in [4.78, 5) is 22.3. The largest absolute Gasteiger partial charge is 0.489 e. The Bertz CT molecular complexity index is 807. The minimum Gasteiger partial charge on any atom is -0.489 e. The van der Waals surface area contributed by atoms with E-state index in [0.29, 0.717) is 35.3 Å². The van der Waals surface area contributed by atoms with Crippen molar-refractivity contribution >= 4 is 23.2 Å². The summed E-state index contributed by atoms with van der Waals surface area (Å²) in [5.74, 6) is 0.743. The van der Waals surface area contributed by atoms with Gasteiger partial charge in [0, 0.05) is 30.7 Å². The van der Waals surface area contributed by atoms with Gasteiger partial charge in [-0.25, -0.2) is 0 Å². The Morgan fingerprint density at radius 3 is 2.64 bits per heavy atom. The number of carbonyl (C=O) groups is 1. The summed E-state index contributed by atoms with van der Waals surface area (Å²) in [6.07, 6.45) is 0.775. The number of nitro groups is 1. The van der Waals surface area contributed by atoms with Gasteiger partial charge in [-0.1, -0.05) is 11.6 Å². The van der Waals surface area contributed by atoms with Crippen LogP contribution < -0.4 is 14.8 Å². The number of ether oxygens (including phenoxy) is 2. The highest BCUT2D eigenvalue weighted by Crippen LogP contribution is 2.37. The van der Waals surface area contributed by atoms with E-state index in [1.165, 1.54) is 24.3 Å². The molecule has 0 saturated carbocycles. The van der Waals surface area contributed by atoms with Crippen LogP contribution in [-0.4, -0.2) is 24.0 Å². The number of rotatable bonds is 4. The van der Waals surface area contributed by atoms with Crippen molar-refractivity contribution < 1.29 is 19.2 Å². The van der Waals surface area contributed by atoms with Gasteiger partial charge in [0.25, 0.3) is 11.6 Å². The third-order valence-corrected chi connectivity index (χ3v) is 3.94. The van der Waals surface area contributed by atoms with Gasteiger partial charge in [-0.2, -0.15) is 0 Å². The smallest absolute Gasteiger partial charge is 0.269 e. The van der Waals surface area contributed by atoms with Crippen LogP contribution in [0.25, 0.3) is 0 Å². The number of carbonyl (C=O) groups excluding carboxylic acids is 1. The number of fused-ring (bicyclic) bond motifs is 1. The molecular weight excluding hydrogens is 348 g/mol. The van der Waals surface area contributed by atoms with E-state index < -0.39 is 4.92 Å². The number of amides is 1. The lowest BCUT2D eigenvalue weighted by Crippen LogP contribution is -2.22. The fourth-order valence-corrected chi connectivity index (χ4v) is 2.69. The molecule has 130 valence electrons. The maximum Gasteiger partial charge on any atom is 0.269 e. The third-order valence-electron chi connectivity index (χ3n) is 3.66. The third kappa shape index (κ3) is 4.00. The Balaban J connectivity index is 1.68. The van der Waals surface area contributed by atoms with Crippen LogP contribution in [0, 0.1) is 10.1 Å². The molecule has 0 atom stereocenters. The van der Waals surface area contributed by atoms with Crippen LogP contribution in [0.5, 0.6) is 11.5 Å². The molecule has 0 bridgehead atoms. The molecule has 1 heterocycles. The zero-order chi connectivity index (χ0) is 17.8. The van der Waals surface area contributed by atoms with Crippen LogP contribution in [0.4, 0.5) is 5.69 Å². The maximum atomic E-state index is 12.2. The first-order valence-electron chi connectivity index (χ1n) is 7.65. The van der Waals surface area contributed by atoms with Crippen molar-refractivity contribution in [1.82, 2.24) is 5.32 Å². The number of nitrogens with one attached hydrogen (secondary N) is 1. The normalized spacial score (nSPS) is 13.0. The summed E-state index contributed by atoms with van der Waals surface area (Å²) in [6.45, 7) is 1.33. The lowest BCUT2D eigenvalue weighted by Gasteiger charge is -2.12. The highest BCUT2D eigenvalue weighted by Gasteiger charge is 2.16.